The Kier molecular flexibility index (Phi) is 5.18. The van der Waals surface area contributed by atoms with Gasteiger partial charge in [-0.1, -0.05) is 13.8 Å². The van der Waals surface area contributed by atoms with E-state index in [1.54, 1.807) is 31.4 Å². The molecule has 20 heavy (non-hydrogen) atoms. The number of ether oxygens (including phenoxy) is 2. The summed E-state index contributed by atoms with van der Waals surface area (Å²) >= 11 is 0. The van der Waals surface area contributed by atoms with Gasteiger partial charge in [0, 0.05) is 5.56 Å². The molecule has 0 N–H and O–H groups in total. The summed E-state index contributed by atoms with van der Waals surface area (Å²) in [6.07, 6.45) is 3.57. The van der Waals surface area contributed by atoms with E-state index >= 15 is 0 Å². The molecule has 0 radical (unpaired) electrons. The zero-order chi connectivity index (χ0) is 14.5. The number of methoxy groups -OCH3 is 1. The van der Waals surface area contributed by atoms with Gasteiger partial charge in [0.05, 0.1) is 13.2 Å². The van der Waals surface area contributed by atoms with Crippen LogP contribution in [0.3, 0.4) is 0 Å². The molecule has 1 aliphatic rings. The zero-order valence-corrected chi connectivity index (χ0v) is 12.6. The quantitative estimate of drug-likeness (QED) is 0.769. The molecule has 1 aliphatic carbocycles. The van der Waals surface area contributed by atoms with Crippen LogP contribution in [0.25, 0.3) is 0 Å². The van der Waals surface area contributed by atoms with Crippen LogP contribution in [0, 0.1) is 11.8 Å². The van der Waals surface area contributed by atoms with Crippen LogP contribution in [0.4, 0.5) is 0 Å². The van der Waals surface area contributed by atoms with Gasteiger partial charge in [0.25, 0.3) is 0 Å². The lowest BCUT2D eigenvalue weighted by Gasteiger charge is -2.31. The highest BCUT2D eigenvalue weighted by Gasteiger charge is 2.25. The molecule has 0 spiro atoms. The standard InChI is InChI=1S/C17H24O3/c1-12-4-7-16(10-13(12)2)20-11-17(18)14-5-8-15(19-3)9-6-14/h5-6,8-9,12-13,16H,4,7,10-11H2,1-3H3. The molecule has 3 heteroatoms. The lowest BCUT2D eigenvalue weighted by molar-refractivity contribution is 0.00708. The molecule has 1 aromatic carbocycles. The van der Waals surface area contributed by atoms with Gasteiger partial charge in [-0.05, 0) is 55.4 Å². The fraction of sp³-hybridized carbons (Fsp3) is 0.588. The van der Waals surface area contributed by atoms with E-state index in [4.69, 9.17) is 9.47 Å². The lowest BCUT2D eigenvalue weighted by atomic mass is 9.80. The summed E-state index contributed by atoms with van der Waals surface area (Å²) in [6, 6.07) is 7.18. The second-order valence-electron chi connectivity index (χ2n) is 5.85. The van der Waals surface area contributed by atoms with Crippen LogP contribution < -0.4 is 4.74 Å². The van der Waals surface area contributed by atoms with Crippen molar-refractivity contribution in [1.29, 1.82) is 0 Å². The average molecular weight is 276 g/mol. The summed E-state index contributed by atoms with van der Waals surface area (Å²) in [5, 5.41) is 0. The molecular formula is C17H24O3. The lowest BCUT2D eigenvalue weighted by Crippen LogP contribution is -2.28. The number of benzene rings is 1. The maximum atomic E-state index is 12.1. The Morgan fingerprint density at radius 1 is 1.15 bits per heavy atom. The van der Waals surface area contributed by atoms with E-state index in [0.717, 1.165) is 24.5 Å². The van der Waals surface area contributed by atoms with E-state index in [2.05, 4.69) is 13.8 Å². The minimum absolute atomic E-state index is 0.0407. The predicted octanol–water partition coefficient (Wildman–Crippen LogP) is 3.72. The Hall–Kier alpha value is -1.35. The Labute approximate surface area is 121 Å². The molecule has 3 nitrogen and oxygen atoms in total. The summed E-state index contributed by atoms with van der Waals surface area (Å²) < 4.78 is 10.9. The molecule has 0 bridgehead atoms. The molecule has 3 unspecified atom stereocenters. The van der Waals surface area contributed by atoms with Crippen LogP contribution in [-0.2, 0) is 4.74 Å². The summed E-state index contributed by atoms with van der Waals surface area (Å²) in [6.45, 7) is 4.74. The molecule has 0 aromatic heterocycles. The highest BCUT2D eigenvalue weighted by molar-refractivity contribution is 5.97. The Morgan fingerprint density at radius 3 is 2.45 bits per heavy atom. The first-order valence-electron chi connectivity index (χ1n) is 7.39. The highest BCUT2D eigenvalue weighted by atomic mass is 16.5. The summed E-state index contributed by atoms with van der Waals surface area (Å²) in [5.41, 5.74) is 0.683. The number of ketones is 1. The Balaban J connectivity index is 1.82. The maximum absolute atomic E-state index is 12.1. The molecule has 1 fully saturated rings. The molecule has 1 aromatic rings. The Bertz CT molecular complexity index is 438. The molecule has 1 saturated carbocycles. The molecular weight excluding hydrogens is 252 g/mol. The van der Waals surface area contributed by atoms with Crippen LogP contribution in [0.1, 0.15) is 43.5 Å². The zero-order valence-electron chi connectivity index (χ0n) is 12.6. The van der Waals surface area contributed by atoms with Crippen LogP contribution in [0.2, 0.25) is 0 Å². The fourth-order valence-corrected chi connectivity index (χ4v) is 2.70. The largest absolute Gasteiger partial charge is 0.497 e. The molecule has 2 rings (SSSR count). The third-order valence-electron chi connectivity index (χ3n) is 4.41. The van der Waals surface area contributed by atoms with E-state index in [1.807, 2.05) is 0 Å². The van der Waals surface area contributed by atoms with Crippen molar-refractivity contribution in [1.82, 2.24) is 0 Å². The van der Waals surface area contributed by atoms with Crippen molar-refractivity contribution in [3.63, 3.8) is 0 Å². The molecule has 0 amide bonds. The van der Waals surface area contributed by atoms with Crippen molar-refractivity contribution in [3.05, 3.63) is 29.8 Å². The number of carbonyl (C=O) groups is 1. The maximum Gasteiger partial charge on any atom is 0.188 e. The average Bonchev–Trinajstić information content (AvgIpc) is 2.48. The van der Waals surface area contributed by atoms with E-state index in [0.29, 0.717) is 11.5 Å². The van der Waals surface area contributed by atoms with Gasteiger partial charge in [0.1, 0.15) is 12.4 Å². The molecule has 0 aliphatic heterocycles. The third-order valence-corrected chi connectivity index (χ3v) is 4.41. The number of carbonyl (C=O) groups excluding carboxylic acids is 1. The topological polar surface area (TPSA) is 35.5 Å². The van der Waals surface area contributed by atoms with Crippen molar-refractivity contribution in [2.75, 3.05) is 13.7 Å². The van der Waals surface area contributed by atoms with Crippen LogP contribution in [0.15, 0.2) is 24.3 Å². The van der Waals surface area contributed by atoms with Gasteiger partial charge in [0.2, 0.25) is 0 Å². The second kappa shape index (κ2) is 6.89. The van der Waals surface area contributed by atoms with Gasteiger partial charge >= 0.3 is 0 Å². The first kappa shape index (κ1) is 15.0. The van der Waals surface area contributed by atoms with E-state index < -0.39 is 0 Å². The number of rotatable bonds is 5. The molecule has 3 atom stereocenters. The van der Waals surface area contributed by atoms with Crippen molar-refractivity contribution < 1.29 is 14.3 Å². The number of Topliss-reactive ketones (excluding diaryl/α,β-unsaturated/α-hetero) is 1. The number of hydrogen-bond donors (Lipinski definition) is 0. The van der Waals surface area contributed by atoms with Crippen LogP contribution in [-0.4, -0.2) is 25.6 Å². The van der Waals surface area contributed by atoms with E-state index in [1.165, 1.54) is 6.42 Å². The van der Waals surface area contributed by atoms with Gasteiger partial charge in [-0.3, -0.25) is 4.79 Å². The fourth-order valence-electron chi connectivity index (χ4n) is 2.70. The van der Waals surface area contributed by atoms with Crippen LogP contribution in [0.5, 0.6) is 5.75 Å². The van der Waals surface area contributed by atoms with Crippen molar-refractivity contribution >= 4 is 5.78 Å². The van der Waals surface area contributed by atoms with Crippen molar-refractivity contribution in [3.8, 4) is 5.75 Å². The van der Waals surface area contributed by atoms with Gasteiger partial charge in [-0.25, -0.2) is 0 Å². The Morgan fingerprint density at radius 2 is 1.85 bits per heavy atom. The molecule has 0 heterocycles. The smallest absolute Gasteiger partial charge is 0.188 e. The SMILES string of the molecule is COc1ccc(C(=O)COC2CCC(C)C(C)C2)cc1. The predicted molar refractivity (Wildman–Crippen MR) is 79.2 cm³/mol. The molecule has 0 saturated heterocycles. The summed E-state index contributed by atoms with van der Waals surface area (Å²) in [7, 11) is 1.62. The van der Waals surface area contributed by atoms with E-state index in [-0.39, 0.29) is 18.5 Å². The van der Waals surface area contributed by atoms with Crippen LogP contribution >= 0.6 is 0 Å². The minimum atomic E-state index is 0.0407. The minimum Gasteiger partial charge on any atom is -0.497 e. The first-order valence-corrected chi connectivity index (χ1v) is 7.39. The van der Waals surface area contributed by atoms with E-state index in [9.17, 15) is 4.79 Å². The summed E-state index contributed by atoms with van der Waals surface area (Å²) in [5.74, 6) is 2.26. The molecule has 110 valence electrons. The van der Waals surface area contributed by atoms with Gasteiger partial charge < -0.3 is 9.47 Å². The normalized spacial score (nSPS) is 26.2. The van der Waals surface area contributed by atoms with Crippen molar-refractivity contribution in [2.45, 2.75) is 39.2 Å². The first-order chi connectivity index (χ1) is 9.60. The van der Waals surface area contributed by atoms with Crippen molar-refractivity contribution in [2.24, 2.45) is 11.8 Å². The monoisotopic (exact) mass is 276 g/mol. The highest BCUT2D eigenvalue weighted by Crippen LogP contribution is 2.30. The van der Waals surface area contributed by atoms with Gasteiger partial charge in [-0.2, -0.15) is 0 Å². The summed E-state index contributed by atoms with van der Waals surface area (Å²) in [4.78, 5) is 12.1. The number of hydrogen-bond acceptors (Lipinski definition) is 3. The second-order valence-corrected chi connectivity index (χ2v) is 5.85. The van der Waals surface area contributed by atoms with Gasteiger partial charge in [-0.15, -0.1) is 0 Å². The van der Waals surface area contributed by atoms with Gasteiger partial charge in [0.15, 0.2) is 5.78 Å². The third kappa shape index (κ3) is 3.83.